The molecule has 0 spiro atoms. The van der Waals surface area contributed by atoms with Crippen molar-refractivity contribution >= 4 is 34.3 Å². The number of nitrogen functional groups attached to an aromatic ring is 1. The highest BCUT2D eigenvalue weighted by molar-refractivity contribution is 6.32. The zero-order valence-electron chi connectivity index (χ0n) is 12.9. The summed E-state index contributed by atoms with van der Waals surface area (Å²) in [5, 5.41) is 1.04. The van der Waals surface area contributed by atoms with Gasteiger partial charge in [0.15, 0.2) is 23.9 Å². The maximum atomic E-state index is 12.3. The summed E-state index contributed by atoms with van der Waals surface area (Å²) in [4.78, 5) is 20.8. The Balaban J connectivity index is 1.53. The molecule has 3 aromatic rings. The smallest absolute Gasteiger partial charge is 0.338 e. The molecule has 0 amide bonds. The number of hydrogen-bond donors (Lipinski definition) is 1. The van der Waals surface area contributed by atoms with Crippen LogP contribution in [0.25, 0.3) is 10.9 Å². The highest BCUT2D eigenvalue weighted by atomic mass is 35.5. The first-order valence-electron chi connectivity index (χ1n) is 7.39. The molecule has 1 aliphatic heterocycles. The molecule has 0 atom stereocenters. The van der Waals surface area contributed by atoms with Crippen molar-refractivity contribution in [1.29, 1.82) is 0 Å². The van der Waals surface area contributed by atoms with Crippen molar-refractivity contribution in [2.24, 2.45) is 0 Å². The van der Waals surface area contributed by atoms with E-state index < -0.39 is 5.97 Å². The van der Waals surface area contributed by atoms with Crippen LogP contribution in [0.3, 0.4) is 0 Å². The number of hydrogen-bond acceptors (Lipinski definition) is 7. The Morgan fingerprint density at radius 2 is 2.08 bits per heavy atom. The van der Waals surface area contributed by atoms with Crippen LogP contribution < -0.4 is 15.2 Å². The molecule has 0 fully saturated rings. The first-order valence-corrected chi connectivity index (χ1v) is 7.77. The number of anilines is 1. The van der Waals surface area contributed by atoms with Gasteiger partial charge < -0.3 is 19.9 Å². The number of rotatable bonds is 3. The van der Waals surface area contributed by atoms with Crippen LogP contribution in [0.5, 0.6) is 11.5 Å². The van der Waals surface area contributed by atoms with Crippen molar-refractivity contribution in [3.8, 4) is 11.5 Å². The van der Waals surface area contributed by atoms with E-state index in [0.29, 0.717) is 28.7 Å². The van der Waals surface area contributed by atoms with E-state index in [1.54, 1.807) is 0 Å². The Kier molecular flexibility index (Phi) is 3.77. The van der Waals surface area contributed by atoms with Crippen molar-refractivity contribution in [2.45, 2.75) is 6.61 Å². The minimum atomic E-state index is -0.574. The van der Waals surface area contributed by atoms with Crippen LogP contribution in [0.2, 0.25) is 5.02 Å². The van der Waals surface area contributed by atoms with Crippen LogP contribution in [-0.4, -0.2) is 22.7 Å². The monoisotopic (exact) mass is 357 g/mol. The van der Waals surface area contributed by atoms with Gasteiger partial charge in [0.05, 0.1) is 16.1 Å². The number of benzene rings is 2. The Bertz CT molecular complexity index is 993. The van der Waals surface area contributed by atoms with Crippen molar-refractivity contribution in [3.05, 3.63) is 52.8 Å². The molecular weight excluding hydrogens is 346 g/mol. The van der Waals surface area contributed by atoms with Crippen LogP contribution in [0.1, 0.15) is 16.2 Å². The molecule has 0 bridgehead atoms. The quantitative estimate of drug-likeness (QED) is 0.720. The van der Waals surface area contributed by atoms with Gasteiger partial charge in [0.2, 0.25) is 6.79 Å². The number of ether oxygens (including phenoxy) is 3. The second kappa shape index (κ2) is 6.10. The molecule has 0 saturated carbocycles. The standard InChI is InChI=1S/C17H12ClN3O4/c18-11-5-9(6-13-15(11)25-8-24-13)17(22)23-7-14-20-12-4-2-1-3-10(12)16(19)21-14/h1-6H,7-8H2,(H2,19,20,21). The molecule has 1 aliphatic rings. The number of esters is 1. The third-order valence-corrected chi connectivity index (χ3v) is 3.96. The predicted molar refractivity (Wildman–Crippen MR) is 90.6 cm³/mol. The van der Waals surface area contributed by atoms with Crippen molar-refractivity contribution in [3.63, 3.8) is 0 Å². The van der Waals surface area contributed by atoms with Gasteiger partial charge in [-0.3, -0.25) is 0 Å². The van der Waals surface area contributed by atoms with Gasteiger partial charge in [0, 0.05) is 5.39 Å². The summed E-state index contributed by atoms with van der Waals surface area (Å²) in [5.41, 5.74) is 6.86. The van der Waals surface area contributed by atoms with Crippen molar-refractivity contribution in [1.82, 2.24) is 9.97 Å². The van der Waals surface area contributed by atoms with Gasteiger partial charge in [0.1, 0.15) is 5.82 Å². The lowest BCUT2D eigenvalue weighted by Gasteiger charge is -2.08. The maximum Gasteiger partial charge on any atom is 0.338 e. The largest absolute Gasteiger partial charge is 0.454 e. The molecule has 1 aromatic heterocycles. The third-order valence-electron chi connectivity index (χ3n) is 3.67. The normalized spacial score (nSPS) is 12.4. The molecule has 4 rings (SSSR count). The van der Waals surface area contributed by atoms with Gasteiger partial charge >= 0.3 is 5.97 Å². The zero-order chi connectivity index (χ0) is 17.4. The van der Waals surface area contributed by atoms with Crippen LogP contribution in [0.15, 0.2) is 36.4 Å². The van der Waals surface area contributed by atoms with Gasteiger partial charge in [-0.2, -0.15) is 0 Å². The van der Waals surface area contributed by atoms with E-state index in [9.17, 15) is 4.79 Å². The second-order valence-electron chi connectivity index (χ2n) is 5.31. The second-order valence-corrected chi connectivity index (χ2v) is 5.72. The van der Waals surface area contributed by atoms with Gasteiger partial charge in [-0.1, -0.05) is 23.7 Å². The fourth-order valence-corrected chi connectivity index (χ4v) is 2.78. The number of nitrogens with zero attached hydrogens (tertiary/aromatic N) is 2. The van der Waals surface area contributed by atoms with E-state index in [-0.39, 0.29) is 24.0 Å². The molecule has 25 heavy (non-hydrogen) atoms. The number of nitrogens with two attached hydrogens (primary N) is 1. The van der Waals surface area contributed by atoms with Crippen LogP contribution in [0, 0.1) is 0 Å². The number of halogens is 1. The van der Waals surface area contributed by atoms with E-state index in [1.807, 2.05) is 24.3 Å². The minimum absolute atomic E-state index is 0.0672. The lowest BCUT2D eigenvalue weighted by molar-refractivity contribution is 0.0462. The SMILES string of the molecule is Nc1nc(COC(=O)c2cc(Cl)c3c(c2)OCO3)nc2ccccc12. The van der Waals surface area contributed by atoms with E-state index in [2.05, 4.69) is 9.97 Å². The first kappa shape index (κ1) is 15.5. The number of aromatic nitrogens is 2. The average Bonchev–Trinajstić information content (AvgIpc) is 3.09. The summed E-state index contributed by atoms with van der Waals surface area (Å²) in [7, 11) is 0. The summed E-state index contributed by atoms with van der Waals surface area (Å²) in [6.07, 6.45) is 0. The fourth-order valence-electron chi connectivity index (χ4n) is 2.51. The fraction of sp³-hybridized carbons (Fsp3) is 0.118. The van der Waals surface area contributed by atoms with Crippen molar-refractivity contribution in [2.75, 3.05) is 12.5 Å². The number of carbonyl (C=O) groups excluding carboxylic acids is 1. The highest BCUT2D eigenvalue weighted by Gasteiger charge is 2.21. The Morgan fingerprint density at radius 1 is 1.24 bits per heavy atom. The van der Waals surface area contributed by atoms with Crippen LogP contribution in [-0.2, 0) is 11.3 Å². The third kappa shape index (κ3) is 2.89. The Labute approximate surface area is 147 Å². The summed E-state index contributed by atoms with van der Waals surface area (Å²) in [6.45, 7) is -0.0440. The Hall–Kier alpha value is -3.06. The molecule has 2 N–H and O–H groups in total. The number of fused-ring (bicyclic) bond motifs is 2. The summed E-state index contributed by atoms with van der Waals surface area (Å²) in [5.74, 6) is 0.907. The van der Waals surface area contributed by atoms with E-state index >= 15 is 0 Å². The number of carbonyl (C=O) groups is 1. The average molecular weight is 358 g/mol. The lowest BCUT2D eigenvalue weighted by Crippen LogP contribution is -2.09. The highest BCUT2D eigenvalue weighted by Crippen LogP contribution is 2.39. The van der Waals surface area contributed by atoms with E-state index in [1.165, 1.54) is 12.1 Å². The molecule has 0 radical (unpaired) electrons. The van der Waals surface area contributed by atoms with Gasteiger partial charge in [-0.05, 0) is 24.3 Å². The van der Waals surface area contributed by atoms with Crippen LogP contribution in [0.4, 0.5) is 5.82 Å². The summed E-state index contributed by atoms with van der Waals surface area (Å²) < 4.78 is 15.7. The predicted octanol–water partition coefficient (Wildman–Crippen LogP) is 2.95. The molecule has 7 nitrogen and oxygen atoms in total. The summed E-state index contributed by atoms with van der Waals surface area (Å²) >= 11 is 6.07. The topological polar surface area (TPSA) is 96.6 Å². The summed E-state index contributed by atoms with van der Waals surface area (Å²) in [6, 6.07) is 10.3. The molecule has 2 aromatic carbocycles. The molecule has 0 saturated heterocycles. The molecule has 8 heteroatoms. The lowest BCUT2D eigenvalue weighted by atomic mass is 10.2. The van der Waals surface area contributed by atoms with Gasteiger partial charge in [0.25, 0.3) is 0 Å². The van der Waals surface area contributed by atoms with E-state index in [0.717, 1.165) is 5.39 Å². The van der Waals surface area contributed by atoms with E-state index in [4.69, 9.17) is 31.5 Å². The number of para-hydroxylation sites is 1. The van der Waals surface area contributed by atoms with Gasteiger partial charge in [-0.25, -0.2) is 14.8 Å². The van der Waals surface area contributed by atoms with Gasteiger partial charge in [-0.15, -0.1) is 0 Å². The Morgan fingerprint density at radius 3 is 2.96 bits per heavy atom. The molecule has 0 aliphatic carbocycles. The maximum absolute atomic E-state index is 12.3. The molecular formula is C17H12ClN3O4. The first-order chi connectivity index (χ1) is 12.1. The van der Waals surface area contributed by atoms with Crippen LogP contribution >= 0.6 is 11.6 Å². The molecule has 2 heterocycles. The molecule has 0 unspecified atom stereocenters. The molecule has 126 valence electrons. The van der Waals surface area contributed by atoms with Crippen molar-refractivity contribution < 1.29 is 19.0 Å². The zero-order valence-corrected chi connectivity index (χ0v) is 13.6. The minimum Gasteiger partial charge on any atom is -0.454 e.